The number of hydrogen-bond donors (Lipinski definition) is 1. The minimum absolute atomic E-state index is 0.168. The first-order valence-corrected chi connectivity index (χ1v) is 9.36. The lowest BCUT2D eigenvalue weighted by Gasteiger charge is -2.28. The summed E-state index contributed by atoms with van der Waals surface area (Å²) in [7, 11) is 0. The smallest absolute Gasteiger partial charge is 0.287 e. The van der Waals surface area contributed by atoms with Gasteiger partial charge in [-0.25, -0.2) is 4.39 Å². The van der Waals surface area contributed by atoms with E-state index in [0.717, 1.165) is 11.8 Å². The summed E-state index contributed by atoms with van der Waals surface area (Å²) in [6.45, 7) is 2.30. The fourth-order valence-electron chi connectivity index (χ4n) is 4.55. The Morgan fingerprint density at radius 3 is 2.73 bits per heavy atom. The van der Waals surface area contributed by atoms with Gasteiger partial charge in [-0.3, -0.25) is 4.79 Å². The zero-order valence-corrected chi connectivity index (χ0v) is 14.9. The minimum atomic E-state index is -0.307. The zero-order valence-electron chi connectivity index (χ0n) is 14.9. The number of benzene rings is 1. The standard InChI is InChI=1S/C21H24FNO3/c1-13(19-11-14-2-3-15(19)10-14)23-21(24)20-9-8-18(26-20)12-25-17-6-4-16(22)5-7-17/h4-9,13-15,19H,2-3,10-12H2,1H3,(H,23,24)/t13-,14+,15+,19-/m1/s1. The molecule has 1 amide bonds. The predicted molar refractivity (Wildman–Crippen MR) is 95.3 cm³/mol. The SMILES string of the molecule is C[C@@H](NC(=O)c1ccc(COc2ccc(F)cc2)o1)[C@H]1C[C@H]2CC[C@H]1C2. The average Bonchev–Trinajstić information content (AvgIpc) is 3.37. The highest BCUT2D eigenvalue weighted by Gasteiger charge is 2.42. The third-order valence-corrected chi connectivity index (χ3v) is 5.87. The van der Waals surface area contributed by atoms with Gasteiger partial charge < -0.3 is 14.5 Å². The molecule has 1 heterocycles. The largest absolute Gasteiger partial charge is 0.486 e. The number of amides is 1. The second-order valence-corrected chi connectivity index (χ2v) is 7.61. The van der Waals surface area contributed by atoms with Crippen LogP contribution in [0.25, 0.3) is 0 Å². The molecule has 2 aromatic rings. The van der Waals surface area contributed by atoms with Crippen LogP contribution in [0.1, 0.15) is 48.9 Å². The lowest BCUT2D eigenvalue weighted by Crippen LogP contribution is -2.40. The molecule has 4 atom stereocenters. The van der Waals surface area contributed by atoms with Crippen molar-refractivity contribution in [1.82, 2.24) is 5.32 Å². The fraction of sp³-hybridized carbons (Fsp3) is 0.476. The van der Waals surface area contributed by atoms with Crippen molar-refractivity contribution in [3.63, 3.8) is 0 Å². The normalized spacial score (nSPS) is 25.2. The third kappa shape index (κ3) is 3.62. The number of nitrogens with one attached hydrogen (secondary N) is 1. The summed E-state index contributed by atoms with van der Waals surface area (Å²) in [5.74, 6) is 3.17. The maximum atomic E-state index is 12.9. The molecule has 0 saturated heterocycles. The molecule has 2 aliphatic rings. The van der Waals surface area contributed by atoms with Gasteiger partial charge in [-0.05, 0) is 80.3 Å². The number of halogens is 1. The molecule has 138 valence electrons. The van der Waals surface area contributed by atoms with Gasteiger partial charge in [0.15, 0.2) is 5.76 Å². The molecule has 2 fully saturated rings. The third-order valence-electron chi connectivity index (χ3n) is 5.87. The lowest BCUT2D eigenvalue weighted by molar-refractivity contribution is 0.0883. The quantitative estimate of drug-likeness (QED) is 0.825. The molecule has 2 saturated carbocycles. The summed E-state index contributed by atoms with van der Waals surface area (Å²) < 4.78 is 24.0. The molecule has 4 nitrogen and oxygen atoms in total. The van der Waals surface area contributed by atoms with Gasteiger partial charge in [0.25, 0.3) is 5.91 Å². The topological polar surface area (TPSA) is 51.5 Å². The minimum Gasteiger partial charge on any atom is -0.486 e. The van der Waals surface area contributed by atoms with Crippen LogP contribution >= 0.6 is 0 Å². The highest BCUT2D eigenvalue weighted by Crippen LogP contribution is 2.49. The van der Waals surface area contributed by atoms with Crippen LogP contribution in [0.15, 0.2) is 40.8 Å². The summed E-state index contributed by atoms with van der Waals surface area (Å²) in [5, 5.41) is 3.10. The first-order valence-electron chi connectivity index (χ1n) is 9.36. The summed E-state index contributed by atoms with van der Waals surface area (Å²) in [6, 6.07) is 9.38. The van der Waals surface area contributed by atoms with Gasteiger partial charge in [-0.2, -0.15) is 0 Å². The van der Waals surface area contributed by atoms with Crippen molar-refractivity contribution in [2.45, 2.75) is 45.3 Å². The number of carbonyl (C=O) groups excluding carboxylic acids is 1. The Bertz CT molecular complexity index is 770. The number of carbonyl (C=O) groups is 1. The molecule has 0 radical (unpaired) electrons. The second-order valence-electron chi connectivity index (χ2n) is 7.61. The van der Waals surface area contributed by atoms with Crippen molar-refractivity contribution in [2.24, 2.45) is 17.8 Å². The van der Waals surface area contributed by atoms with Gasteiger partial charge in [0, 0.05) is 6.04 Å². The first-order chi connectivity index (χ1) is 12.6. The molecule has 0 unspecified atom stereocenters. The van der Waals surface area contributed by atoms with Gasteiger partial charge in [0.2, 0.25) is 0 Å². The first kappa shape index (κ1) is 17.1. The van der Waals surface area contributed by atoms with Crippen molar-refractivity contribution in [2.75, 3.05) is 0 Å². The van der Waals surface area contributed by atoms with Gasteiger partial charge in [0.05, 0.1) is 0 Å². The molecule has 5 heteroatoms. The highest BCUT2D eigenvalue weighted by molar-refractivity contribution is 5.91. The van der Waals surface area contributed by atoms with Gasteiger partial charge in [0.1, 0.15) is 23.9 Å². The van der Waals surface area contributed by atoms with Crippen LogP contribution in [0, 0.1) is 23.6 Å². The van der Waals surface area contributed by atoms with Gasteiger partial charge >= 0.3 is 0 Å². The monoisotopic (exact) mass is 357 g/mol. The Morgan fingerprint density at radius 2 is 2.04 bits per heavy atom. The molecule has 2 bridgehead atoms. The maximum absolute atomic E-state index is 12.9. The van der Waals surface area contributed by atoms with Crippen LogP contribution < -0.4 is 10.1 Å². The van der Waals surface area contributed by atoms with E-state index in [-0.39, 0.29) is 24.4 Å². The number of hydrogen-bond acceptors (Lipinski definition) is 3. The Hall–Kier alpha value is -2.30. The van der Waals surface area contributed by atoms with Crippen molar-refractivity contribution >= 4 is 5.91 Å². The number of rotatable bonds is 6. The van der Waals surface area contributed by atoms with Crippen LogP contribution in [-0.2, 0) is 6.61 Å². The molecular formula is C21H24FNO3. The Kier molecular flexibility index (Phi) is 4.70. The molecule has 0 aliphatic heterocycles. The van der Waals surface area contributed by atoms with Gasteiger partial charge in [-0.1, -0.05) is 6.42 Å². The fourth-order valence-corrected chi connectivity index (χ4v) is 4.55. The number of fused-ring (bicyclic) bond motifs is 2. The van der Waals surface area contributed by atoms with Crippen LogP contribution in [0.3, 0.4) is 0 Å². The van der Waals surface area contributed by atoms with E-state index in [0.29, 0.717) is 23.2 Å². The summed E-state index contributed by atoms with van der Waals surface area (Å²) in [5.41, 5.74) is 0. The van der Waals surface area contributed by atoms with Crippen molar-refractivity contribution in [1.29, 1.82) is 0 Å². The van der Waals surface area contributed by atoms with E-state index in [1.54, 1.807) is 24.3 Å². The van der Waals surface area contributed by atoms with Gasteiger partial charge in [-0.15, -0.1) is 0 Å². The van der Waals surface area contributed by atoms with Crippen LogP contribution in [0.5, 0.6) is 5.75 Å². The summed E-state index contributed by atoms with van der Waals surface area (Å²) >= 11 is 0. The van der Waals surface area contributed by atoms with E-state index in [2.05, 4.69) is 12.2 Å². The van der Waals surface area contributed by atoms with Crippen molar-refractivity contribution < 1.29 is 18.3 Å². The van der Waals surface area contributed by atoms with E-state index in [1.165, 1.54) is 37.8 Å². The molecule has 0 spiro atoms. The molecule has 1 N–H and O–H groups in total. The molecule has 2 aliphatic carbocycles. The lowest BCUT2D eigenvalue weighted by atomic mass is 9.84. The molecule has 1 aromatic heterocycles. The Labute approximate surface area is 152 Å². The van der Waals surface area contributed by atoms with Crippen molar-refractivity contribution in [3.8, 4) is 5.75 Å². The average molecular weight is 357 g/mol. The second kappa shape index (κ2) is 7.14. The molecular weight excluding hydrogens is 333 g/mol. The molecule has 26 heavy (non-hydrogen) atoms. The summed E-state index contributed by atoms with van der Waals surface area (Å²) in [6.07, 6.45) is 5.23. The van der Waals surface area contributed by atoms with E-state index in [1.807, 2.05) is 0 Å². The molecule has 1 aromatic carbocycles. The van der Waals surface area contributed by atoms with Crippen molar-refractivity contribution in [3.05, 3.63) is 53.7 Å². The van der Waals surface area contributed by atoms with Crippen LogP contribution in [0.4, 0.5) is 4.39 Å². The summed E-state index contributed by atoms with van der Waals surface area (Å²) in [4.78, 5) is 12.5. The predicted octanol–water partition coefficient (Wildman–Crippen LogP) is 4.55. The van der Waals surface area contributed by atoms with E-state index in [4.69, 9.17) is 9.15 Å². The maximum Gasteiger partial charge on any atom is 0.287 e. The van der Waals surface area contributed by atoms with Crippen LogP contribution in [-0.4, -0.2) is 11.9 Å². The highest BCUT2D eigenvalue weighted by atomic mass is 19.1. The Morgan fingerprint density at radius 1 is 1.23 bits per heavy atom. The zero-order chi connectivity index (χ0) is 18.1. The van der Waals surface area contributed by atoms with E-state index >= 15 is 0 Å². The number of furan rings is 1. The van der Waals surface area contributed by atoms with Crippen LogP contribution in [0.2, 0.25) is 0 Å². The Balaban J connectivity index is 1.30. The van der Waals surface area contributed by atoms with E-state index in [9.17, 15) is 9.18 Å². The van der Waals surface area contributed by atoms with E-state index < -0.39 is 0 Å². The number of ether oxygens (including phenoxy) is 1. The molecule has 4 rings (SSSR count).